The van der Waals surface area contributed by atoms with Gasteiger partial charge >= 0.3 is 0 Å². The van der Waals surface area contributed by atoms with Gasteiger partial charge in [0, 0.05) is 23.5 Å². The summed E-state index contributed by atoms with van der Waals surface area (Å²) < 4.78 is 1.90. The van der Waals surface area contributed by atoms with Crippen molar-refractivity contribution in [2.45, 2.75) is 0 Å². The highest BCUT2D eigenvalue weighted by atomic mass is 16.1. The van der Waals surface area contributed by atoms with Crippen molar-refractivity contribution in [3.05, 3.63) is 102 Å². The van der Waals surface area contributed by atoms with E-state index in [0.29, 0.717) is 16.7 Å². The topological polar surface area (TPSA) is 45.3 Å². The fourth-order valence-electron chi connectivity index (χ4n) is 3.04. The third-order valence-electron chi connectivity index (χ3n) is 4.26. The van der Waals surface area contributed by atoms with Crippen LogP contribution in [0.5, 0.6) is 0 Å². The van der Waals surface area contributed by atoms with Crippen LogP contribution in [0.1, 0.15) is 21.5 Å². The van der Waals surface area contributed by atoms with E-state index >= 15 is 0 Å². The van der Waals surface area contributed by atoms with Crippen molar-refractivity contribution in [2.24, 2.45) is 0 Å². The van der Waals surface area contributed by atoms with Crippen molar-refractivity contribution in [3.63, 3.8) is 0 Å². The van der Waals surface area contributed by atoms with E-state index in [9.17, 15) is 10.1 Å². The van der Waals surface area contributed by atoms with Gasteiger partial charge in [-0.3, -0.25) is 4.79 Å². The Kier molecular flexibility index (Phi) is 3.64. The molecule has 0 spiro atoms. The zero-order chi connectivity index (χ0) is 17.2. The zero-order valence-electron chi connectivity index (χ0n) is 13.4. The lowest BCUT2D eigenvalue weighted by Gasteiger charge is -2.05. The molecule has 0 atom stereocenters. The third-order valence-corrected chi connectivity index (χ3v) is 4.26. The van der Waals surface area contributed by atoms with Crippen LogP contribution in [-0.4, -0.2) is 10.2 Å². The molecule has 0 amide bonds. The molecule has 3 heteroatoms. The number of nitrogens with zero attached hydrogens (tertiary/aromatic N) is 2. The highest BCUT2D eigenvalue weighted by Crippen LogP contribution is 2.31. The van der Waals surface area contributed by atoms with Crippen molar-refractivity contribution in [1.82, 2.24) is 4.40 Å². The molecular formula is C22H14N2O. The first-order chi connectivity index (χ1) is 12.3. The third kappa shape index (κ3) is 2.60. The van der Waals surface area contributed by atoms with Crippen LogP contribution in [0.25, 0.3) is 16.6 Å². The van der Waals surface area contributed by atoms with E-state index in [2.05, 4.69) is 6.07 Å². The van der Waals surface area contributed by atoms with Crippen LogP contribution in [-0.2, 0) is 0 Å². The normalized spacial score (nSPS) is 10.5. The standard InChI is InChI=1S/C22H14N2O/c23-14-16-11-12-24-15-19(17-7-3-1-4-8-17)21(20(24)13-16)22(25)18-9-5-2-6-10-18/h1-13,15H. The van der Waals surface area contributed by atoms with Crippen molar-refractivity contribution in [1.29, 1.82) is 5.26 Å². The van der Waals surface area contributed by atoms with Crippen LogP contribution in [0, 0.1) is 11.3 Å². The first-order valence-corrected chi connectivity index (χ1v) is 7.98. The maximum Gasteiger partial charge on any atom is 0.195 e. The Hall–Kier alpha value is -3.64. The van der Waals surface area contributed by atoms with Crippen molar-refractivity contribution < 1.29 is 4.79 Å². The molecular weight excluding hydrogens is 308 g/mol. The minimum Gasteiger partial charge on any atom is -0.322 e. The van der Waals surface area contributed by atoms with Crippen LogP contribution in [0.3, 0.4) is 0 Å². The van der Waals surface area contributed by atoms with Gasteiger partial charge in [0.2, 0.25) is 0 Å². The van der Waals surface area contributed by atoms with Crippen molar-refractivity contribution in [3.8, 4) is 17.2 Å². The Bertz CT molecular complexity index is 1100. The number of pyridine rings is 1. The molecule has 2 aromatic carbocycles. The summed E-state index contributed by atoms with van der Waals surface area (Å²) in [4.78, 5) is 13.2. The van der Waals surface area contributed by atoms with Crippen LogP contribution in [0.2, 0.25) is 0 Å². The van der Waals surface area contributed by atoms with E-state index in [0.717, 1.165) is 16.6 Å². The van der Waals surface area contributed by atoms with Gasteiger partial charge in [0.15, 0.2) is 5.78 Å². The predicted molar refractivity (Wildman–Crippen MR) is 97.4 cm³/mol. The molecule has 0 bridgehead atoms. The van der Waals surface area contributed by atoms with Gasteiger partial charge in [-0.1, -0.05) is 60.7 Å². The second kappa shape index (κ2) is 6.10. The summed E-state index contributed by atoms with van der Waals surface area (Å²) >= 11 is 0. The van der Waals surface area contributed by atoms with E-state index in [4.69, 9.17) is 0 Å². The number of carbonyl (C=O) groups is 1. The Morgan fingerprint density at radius 3 is 2.28 bits per heavy atom. The summed E-state index contributed by atoms with van der Waals surface area (Å²) in [5, 5.41) is 9.22. The van der Waals surface area contributed by atoms with Gasteiger partial charge in [0.05, 0.1) is 22.7 Å². The number of ketones is 1. The molecule has 25 heavy (non-hydrogen) atoms. The summed E-state index contributed by atoms with van der Waals surface area (Å²) in [7, 11) is 0. The number of hydrogen-bond donors (Lipinski definition) is 0. The number of nitriles is 1. The first kappa shape index (κ1) is 14.9. The number of rotatable bonds is 3. The summed E-state index contributed by atoms with van der Waals surface area (Å²) in [6.07, 6.45) is 3.77. The molecule has 0 radical (unpaired) electrons. The molecule has 0 unspecified atom stereocenters. The van der Waals surface area contributed by atoms with Crippen LogP contribution in [0.15, 0.2) is 85.2 Å². The van der Waals surface area contributed by atoms with E-state index in [1.54, 1.807) is 12.1 Å². The number of carbonyl (C=O) groups excluding carboxylic acids is 1. The van der Waals surface area contributed by atoms with Gasteiger partial charge in [0.1, 0.15) is 0 Å². The van der Waals surface area contributed by atoms with E-state index in [-0.39, 0.29) is 5.78 Å². The van der Waals surface area contributed by atoms with Crippen LogP contribution >= 0.6 is 0 Å². The first-order valence-electron chi connectivity index (χ1n) is 7.98. The monoisotopic (exact) mass is 322 g/mol. The molecule has 2 aromatic heterocycles. The maximum absolute atomic E-state index is 13.2. The van der Waals surface area contributed by atoms with E-state index in [1.807, 2.05) is 77.5 Å². The van der Waals surface area contributed by atoms with Gasteiger partial charge < -0.3 is 4.40 Å². The second-order valence-electron chi connectivity index (χ2n) is 5.80. The second-order valence-corrected chi connectivity index (χ2v) is 5.80. The van der Waals surface area contributed by atoms with Gasteiger partial charge in [-0.05, 0) is 17.7 Å². The number of benzene rings is 2. The largest absolute Gasteiger partial charge is 0.322 e. The molecule has 118 valence electrons. The Morgan fingerprint density at radius 1 is 0.920 bits per heavy atom. The van der Waals surface area contributed by atoms with Crippen LogP contribution in [0.4, 0.5) is 0 Å². The summed E-state index contributed by atoms with van der Waals surface area (Å²) in [6, 6.07) is 24.7. The van der Waals surface area contributed by atoms with E-state index < -0.39 is 0 Å². The summed E-state index contributed by atoms with van der Waals surface area (Å²) in [6.45, 7) is 0. The minimum absolute atomic E-state index is 0.0444. The predicted octanol–water partition coefficient (Wildman–Crippen LogP) is 4.71. The fraction of sp³-hybridized carbons (Fsp3) is 0. The summed E-state index contributed by atoms with van der Waals surface area (Å²) in [5.41, 5.74) is 4.37. The highest BCUT2D eigenvalue weighted by molar-refractivity contribution is 6.17. The summed E-state index contributed by atoms with van der Waals surface area (Å²) in [5.74, 6) is -0.0444. The maximum atomic E-state index is 13.2. The van der Waals surface area contributed by atoms with E-state index in [1.165, 1.54) is 0 Å². The zero-order valence-corrected chi connectivity index (χ0v) is 13.4. The molecule has 0 saturated heterocycles. The molecule has 0 aliphatic heterocycles. The van der Waals surface area contributed by atoms with Gasteiger partial charge in [-0.2, -0.15) is 5.26 Å². The Labute approximate surface area is 145 Å². The van der Waals surface area contributed by atoms with Gasteiger partial charge in [0.25, 0.3) is 0 Å². The molecule has 4 rings (SSSR count). The minimum atomic E-state index is -0.0444. The molecule has 0 aliphatic carbocycles. The number of hydrogen-bond acceptors (Lipinski definition) is 2. The Morgan fingerprint density at radius 2 is 1.60 bits per heavy atom. The molecule has 4 aromatic rings. The number of aromatic nitrogens is 1. The smallest absolute Gasteiger partial charge is 0.195 e. The van der Waals surface area contributed by atoms with Crippen molar-refractivity contribution >= 4 is 11.3 Å². The molecule has 0 N–H and O–H groups in total. The quantitative estimate of drug-likeness (QED) is 0.513. The molecule has 0 fully saturated rings. The lowest BCUT2D eigenvalue weighted by molar-refractivity contribution is 0.104. The fourth-order valence-corrected chi connectivity index (χ4v) is 3.04. The number of fused-ring (bicyclic) bond motifs is 1. The average Bonchev–Trinajstić information content (AvgIpc) is 3.07. The van der Waals surface area contributed by atoms with Crippen molar-refractivity contribution in [2.75, 3.05) is 0 Å². The van der Waals surface area contributed by atoms with Crippen LogP contribution < -0.4 is 0 Å². The Balaban J connectivity index is 2.02. The molecule has 0 aliphatic rings. The molecule has 3 nitrogen and oxygen atoms in total. The highest BCUT2D eigenvalue weighted by Gasteiger charge is 2.20. The lowest BCUT2D eigenvalue weighted by atomic mass is 9.96. The van der Waals surface area contributed by atoms with Gasteiger partial charge in [-0.25, -0.2) is 0 Å². The molecule has 0 saturated carbocycles. The van der Waals surface area contributed by atoms with Gasteiger partial charge in [-0.15, -0.1) is 0 Å². The molecule has 2 heterocycles. The SMILES string of the molecule is N#Cc1ccn2cc(-c3ccccc3)c(C(=O)c3ccccc3)c2c1. The lowest BCUT2D eigenvalue weighted by Crippen LogP contribution is -2.02. The average molecular weight is 322 g/mol.